The summed E-state index contributed by atoms with van der Waals surface area (Å²) in [4.78, 5) is 0. The number of hydrogen-bond acceptors (Lipinski definition) is 1. The molecule has 0 spiro atoms. The average Bonchev–Trinajstić information content (AvgIpc) is 2.40. The SMILES string of the molecule is NC(c1cccc(C(F)(F)F)c1)c1cc(I)ccc1Br. The zero-order chi connectivity index (χ0) is 14.9. The normalized spacial score (nSPS) is 13.3. The van der Waals surface area contributed by atoms with Crippen LogP contribution in [-0.2, 0) is 6.18 Å². The molecule has 1 atom stereocenters. The summed E-state index contributed by atoms with van der Waals surface area (Å²) in [7, 11) is 0. The van der Waals surface area contributed by atoms with Crippen LogP contribution in [0, 0.1) is 3.57 Å². The lowest BCUT2D eigenvalue weighted by Crippen LogP contribution is -2.14. The lowest BCUT2D eigenvalue weighted by atomic mass is 9.98. The van der Waals surface area contributed by atoms with Crippen LogP contribution >= 0.6 is 38.5 Å². The quantitative estimate of drug-likeness (QED) is 0.625. The third-order valence-corrected chi connectivity index (χ3v) is 4.26. The summed E-state index contributed by atoms with van der Waals surface area (Å²) in [5.41, 5.74) is 6.60. The lowest BCUT2D eigenvalue weighted by Gasteiger charge is -2.16. The summed E-state index contributed by atoms with van der Waals surface area (Å²) < 4.78 is 39.9. The Labute approximate surface area is 136 Å². The Balaban J connectivity index is 2.43. The summed E-state index contributed by atoms with van der Waals surface area (Å²) in [5, 5.41) is 0. The van der Waals surface area contributed by atoms with Crippen molar-refractivity contribution in [3.05, 3.63) is 67.2 Å². The Morgan fingerprint density at radius 2 is 1.80 bits per heavy atom. The van der Waals surface area contributed by atoms with E-state index in [1.807, 2.05) is 18.2 Å². The largest absolute Gasteiger partial charge is 0.416 e. The maximum absolute atomic E-state index is 12.7. The maximum Gasteiger partial charge on any atom is 0.416 e. The molecule has 2 aromatic rings. The maximum atomic E-state index is 12.7. The molecule has 0 radical (unpaired) electrons. The first kappa shape index (κ1) is 15.8. The zero-order valence-electron chi connectivity index (χ0n) is 10.1. The van der Waals surface area contributed by atoms with Crippen molar-refractivity contribution in [1.82, 2.24) is 0 Å². The second-order valence-corrected chi connectivity index (χ2v) is 6.37. The van der Waals surface area contributed by atoms with Crippen molar-refractivity contribution >= 4 is 38.5 Å². The highest BCUT2D eigenvalue weighted by Gasteiger charge is 2.30. The average molecular weight is 456 g/mol. The molecule has 0 amide bonds. The Hall–Kier alpha value is -0.600. The monoisotopic (exact) mass is 455 g/mol. The van der Waals surface area contributed by atoms with Crippen molar-refractivity contribution in [2.75, 3.05) is 0 Å². The second-order valence-electron chi connectivity index (χ2n) is 4.27. The zero-order valence-corrected chi connectivity index (χ0v) is 13.8. The molecule has 0 bridgehead atoms. The molecule has 2 aromatic carbocycles. The van der Waals surface area contributed by atoms with E-state index in [9.17, 15) is 13.2 Å². The number of nitrogens with two attached hydrogens (primary N) is 1. The molecule has 2 N–H and O–H groups in total. The van der Waals surface area contributed by atoms with Gasteiger partial charge in [0.2, 0.25) is 0 Å². The molecule has 20 heavy (non-hydrogen) atoms. The highest BCUT2D eigenvalue weighted by atomic mass is 127. The number of hydrogen-bond donors (Lipinski definition) is 1. The van der Waals surface area contributed by atoms with Crippen molar-refractivity contribution in [3.63, 3.8) is 0 Å². The molecular formula is C14H10BrF3IN. The molecule has 106 valence electrons. The number of rotatable bonds is 2. The van der Waals surface area contributed by atoms with Gasteiger partial charge in [0.05, 0.1) is 11.6 Å². The van der Waals surface area contributed by atoms with Crippen LogP contribution in [0.5, 0.6) is 0 Å². The fourth-order valence-electron chi connectivity index (χ4n) is 1.84. The van der Waals surface area contributed by atoms with Crippen molar-refractivity contribution in [2.24, 2.45) is 5.73 Å². The van der Waals surface area contributed by atoms with Gasteiger partial charge in [-0.3, -0.25) is 0 Å². The van der Waals surface area contributed by atoms with Gasteiger partial charge in [0.15, 0.2) is 0 Å². The van der Waals surface area contributed by atoms with Gasteiger partial charge < -0.3 is 5.73 Å². The lowest BCUT2D eigenvalue weighted by molar-refractivity contribution is -0.137. The number of benzene rings is 2. The Morgan fingerprint density at radius 3 is 2.45 bits per heavy atom. The van der Waals surface area contributed by atoms with E-state index in [1.54, 1.807) is 6.07 Å². The minimum atomic E-state index is -4.36. The van der Waals surface area contributed by atoms with Gasteiger partial charge in [-0.1, -0.05) is 28.1 Å². The molecular weight excluding hydrogens is 446 g/mol. The third kappa shape index (κ3) is 3.53. The van der Waals surface area contributed by atoms with Crippen LogP contribution in [0.1, 0.15) is 22.7 Å². The molecule has 0 saturated carbocycles. The molecule has 1 unspecified atom stereocenters. The third-order valence-electron chi connectivity index (χ3n) is 2.87. The summed E-state index contributed by atoms with van der Waals surface area (Å²) >= 11 is 5.52. The van der Waals surface area contributed by atoms with E-state index >= 15 is 0 Å². The molecule has 0 saturated heterocycles. The summed E-state index contributed by atoms with van der Waals surface area (Å²) in [6.07, 6.45) is -4.36. The van der Waals surface area contributed by atoms with Crippen molar-refractivity contribution in [3.8, 4) is 0 Å². The van der Waals surface area contributed by atoms with Gasteiger partial charge in [0.25, 0.3) is 0 Å². The van der Waals surface area contributed by atoms with E-state index in [0.29, 0.717) is 5.56 Å². The van der Waals surface area contributed by atoms with E-state index in [1.165, 1.54) is 6.07 Å². The Kier molecular flexibility index (Phi) is 4.76. The predicted molar refractivity (Wildman–Crippen MR) is 84.3 cm³/mol. The van der Waals surface area contributed by atoms with Crippen molar-refractivity contribution < 1.29 is 13.2 Å². The smallest absolute Gasteiger partial charge is 0.320 e. The number of alkyl halides is 3. The van der Waals surface area contributed by atoms with Gasteiger partial charge in [0.1, 0.15) is 0 Å². The summed E-state index contributed by atoms with van der Waals surface area (Å²) in [6.45, 7) is 0. The van der Waals surface area contributed by atoms with Crippen molar-refractivity contribution in [2.45, 2.75) is 12.2 Å². The minimum Gasteiger partial charge on any atom is -0.320 e. The summed E-state index contributed by atoms with van der Waals surface area (Å²) in [5.74, 6) is 0. The first-order valence-corrected chi connectivity index (χ1v) is 7.54. The fourth-order valence-corrected chi connectivity index (χ4v) is 2.85. The standard InChI is InChI=1S/C14H10BrF3IN/c15-12-5-4-10(19)7-11(12)13(20)8-2-1-3-9(6-8)14(16,17)18/h1-7,13H,20H2. The van der Waals surface area contributed by atoms with Crippen molar-refractivity contribution in [1.29, 1.82) is 0 Å². The van der Waals surface area contributed by atoms with E-state index in [2.05, 4.69) is 38.5 Å². The van der Waals surface area contributed by atoms with Gasteiger partial charge in [0, 0.05) is 8.04 Å². The fraction of sp³-hybridized carbons (Fsp3) is 0.143. The second kappa shape index (κ2) is 6.03. The Morgan fingerprint density at radius 1 is 1.10 bits per heavy atom. The van der Waals surface area contributed by atoms with Crippen LogP contribution < -0.4 is 5.73 Å². The Bertz CT molecular complexity index is 628. The minimum absolute atomic E-state index is 0.433. The van der Waals surface area contributed by atoms with Gasteiger partial charge in [-0.2, -0.15) is 13.2 Å². The van der Waals surface area contributed by atoms with E-state index < -0.39 is 17.8 Å². The van der Waals surface area contributed by atoms with Crippen LogP contribution in [0.3, 0.4) is 0 Å². The highest BCUT2D eigenvalue weighted by Crippen LogP contribution is 2.33. The highest BCUT2D eigenvalue weighted by molar-refractivity contribution is 14.1. The molecule has 0 aliphatic carbocycles. The molecule has 0 aliphatic heterocycles. The van der Waals surface area contributed by atoms with E-state index in [-0.39, 0.29) is 0 Å². The van der Waals surface area contributed by atoms with Gasteiger partial charge in [-0.25, -0.2) is 0 Å². The first-order valence-electron chi connectivity index (χ1n) is 5.66. The number of halogens is 5. The van der Waals surface area contributed by atoms with E-state index in [0.717, 1.165) is 25.7 Å². The van der Waals surface area contributed by atoms with Gasteiger partial charge in [-0.05, 0) is 64.0 Å². The molecule has 0 heterocycles. The molecule has 0 fully saturated rings. The van der Waals surface area contributed by atoms with Crippen LogP contribution in [0.4, 0.5) is 13.2 Å². The molecule has 6 heteroatoms. The van der Waals surface area contributed by atoms with Crippen LogP contribution in [-0.4, -0.2) is 0 Å². The van der Waals surface area contributed by atoms with Crippen LogP contribution in [0.2, 0.25) is 0 Å². The predicted octanol–water partition coefficient (Wildman–Crippen LogP) is 5.12. The van der Waals surface area contributed by atoms with Gasteiger partial charge in [-0.15, -0.1) is 0 Å². The first-order chi connectivity index (χ1) is 9.29. The topological polar surface area (TPSA) is 26.0 Å². The molecule has 0 aromatic heterocycles. The summed E-state index contributed by atoms with van der Waals surface area (Å²) in [6, 6.07) is 10.1. The molecule has 2 rings (SSSR count). The van der Waals surface area contributed by atoms with Gasteiger partial charge >= 0.3 is 6.18 Å². The van der Waals surface area contributed by atoms with Crippen LogP contribution in [0.25, 0.3) is 0 Å². The molecule has 0 aliphatic rings. The molecule has 1 nitrogen and oxygen atoms in total. The van der Waals surface area contributed by atoms with E-state index in [4.69, 9.17) is 5.73 Å². The van der Waals surface area contributed by atoms with Crippen LogP contribution in [0.15, 0.2) is 46.9 Å².